The number of aliphatic hydroxyl groups is 3. The van der Waals surface area contributed by atoms with Crippen LogP contribution in [-0.4, -0.2) is 63.1 Å². The van der Waals surface area contributed by atoms with Crippen LogP contribution in [-0.2, 0) is 23.9 Å². The van der Waals surface area contributed by atoms with Crippen molar-refractivity contribution in [2.75, 3.05) is 6.61 Å². The number of esters is 2. The van der Waals surface area contributed by atoms with Crippen molar-refractivity contribution < 1.29 is 39.2 Å². The molecule has 1 fully saturated rings. The first kappa shape index (κ1) is 35.2. The van der Waals surface area contributed by atoms with Crippen molar-refractivity contribution in [1.82, 2.24) is 0 Å². The number of Topliss-reactive ketones (excluding diaryl/α,β-unsaturated/α-hetero) is 1. The normalized spacial score (nSPS) is 35.3. The summed E-state index contributed by atoms with van der Waals surface area (Å²) >= 11 is 0. The zero-order chi connectivity index (χ0) is 32.4. The summed E-state index contributed by atoms with van der Waals surface area (Å²) in [7, 11) is 0. The number of fused-ring (bicyclic) bond motifs is 1. The Hall–Kier alpha value is -2.29. The topological polar surface area (TPSA) is 130 Å². The zero-order valence-corrected chi connectivity index (χ0v) is 27.5. The fraction of sp³-hybridized carbons (Fsp3) is 0.743. The fourth-order valence-corrected chi connectivity index (χ4v) is 7.67. The van der Waals surface area contributed by atoms with E-state index in [2.05, 4.69) is 6.92 Å². The van der Waals surface area contributed by atoms with Crippen LogP contribution in [0.15, 0.2) is 34.9 Å². The van der Waals surface area contributed by atoms with Gasteiger partial charge in [0.15, 0.2) is 17.5 Å². The van der Waals surface area contributed by atoms with Crippen LogP contribution < -0.4 is 0 Å². The lowest BCUT2D eigenvalue weighted by Crippen LogP contribution is -2.65. The second-order valence-corrected chi connectivity index (χ2v) is 13.9. The summed E-state index contributed by atoms with van der Waals surface area (Å²) in [6.45, 7) is 13.9. The molecule has 0 aromatic carbocycles. The number of carbonyl (C=O) groups excluding carboxylic acids is 3. The van der Waals surface area contributed by atoms with Crippen molar-refractivity contribution in [3.63, 3.8) is 0 Å². The molecular weight excluding hydrogens is 548 g/mol. The van der Waals surface area contributed by atoms with Gasteiger partial charge < -0.3 is 24.8 Å². The van der Waals surface area contributed by atoms with E-state index in [1.807, 2.05) is 27.7 Å². The molecular formula is C35H54O8. The summed E-state index contributed by atoms with van der Waals surface area (Å²) in [6, 6.07) is 0. The second-order valence-electron chi connectivity index (χ2n) is 13.9. The van der Waals surface area contributed by atoms with E-state index in [1.165, 1.54) is 25.3 Å². The van der Waals surface area contributed by atoms with Gasteiger partial charge in [0, 0.05) is 23.3 Å². The van der Waals surface area contributed by atoms with E-state index < -0.39 is 58.7 Å². The molecule has 2 bridgehead atoms. The van der Waals surface area contributed by atoms with E-state index in [1.54, 1.807) is 32.9 Å². The van der Waals surface area contributed by atoms with Gasteiger partial charge in [0.25, 0.3) is 0 Å². The highest BCUT2D eigenvalue weighted by atomic mass is 16.6. The Labute approximate surface area is 257 Å². The molecule has 8 nitrogen and oxygen atoms in total. The van der Waals surface area contributed by atoms with Gasteiger partial charge in [-0.3, -0.25) is 9.59 Å². The van der Waals surface area contributed by atoms with Crippen LogP contribution in [0.1, 0.15) is 113 Å². The van der Waals surface area contributed by atoms with Gasteiger partial charge >= 0.3 is 11.9 Å². The standard InChI is InChI=1S/C35H54O8/c1-9-11-12-13-14-15-16-17-27(37)43-33(8)20-24(5)34-19-23(4)30(42-31(40)22(3)10-2)35(34,41)28(38)25(21-36)18-26(29(34)39)32(33,6)7/h10,18-19,24,26,28,30,36,38,41H,9,11-17,20-21H2,1-8H3/b22-10-/t24-,26?,28?,30+,33-,34?,35?/m1/s1. The average molecular weight is 603 g/mol. The monoisotopic (exact) mass is 602 g/mol. The molecule has 0 radical (unpaired) electrons. The molecule has 1 spiro atoms. The van der Waals surface area contributed by atoms with Gasteiger partial charge in [-0.2, -0.15) is 0 Å². The molecule has 0 heterocycles. The summed E-state index contributed by atoms with van der Waals surface area (Å²) in [5.74, 6) is -2.92. The Balaban J connectivity index is 2.03. The Morgan fingerprint density at radius 1 is 1.09 bits per heavy atom. The lowest BCUT2D eigenvalue weighted by molar-refractivity contribution is -0.202. The maximum absolute atomic E-state index is 14.8. The smallest absolute Gasteiger partial charge is 0.334 e. The SMILES string of the molecule is C/C=C(/C)C(=O)O[C@H]1C(C)=CC23C(=O)C(C=C(CO)C(O)C12O)C(C)(C)[C@](C)(OC(=O)CCCCCCCCC)C[C@H]3C. The van der Waals surface area contributed by atoms with Gasteiger partial charge in [0.05, 0.1) is 12.0 Å². The lowest BCUT2D eigenvalue weighted by Gasteiger charge is -2.49. The minimum Gasteiger partial charge on any atom is -0.459 e. The number of rotatable bonds is 12. The molecule has 242 valence electrons. The molecule has 4 unspecified atom stereocenters. The zero-order valence-electron chi connectivity index (χ0n) is 27.5. The van der Waals surface area contributed by atoms with Gasteiger partial charge in [0.1, 0.15) is 11.7 Å². The minimum atomic E-state index is -2.29. The van der Waals surface area contributed by atoms with Gasteiger partial charge in [-0.15, -0.1) is 0 Å². The van der Waals surface area contributed by atoms with Gasteiger partial charge in [0.2, 0.25) is 0 Å². The minimum absolute atomic E-state index is 0.0635. The Kier molecular flexibility index (Phi) is 10.9. The molecule has 3 rings (SSSR count). The summed E-state index contributed by atoms with van der Waals surface area (Å²) in [4.78, 5) is 41.0. The number of carbonyl (C=O) groups is 3. The molecule has 0 aromatic heterocycles. The molecule has 8 heteroatoms. The number of allylic oxidation sites excluding steroid dienone is 2. The highest BCUT2D eigenvalue weighted by Gasteiger charge is 2.74. The van der Waals surface area contributed by atoms with Crippen LogP contribution >= 0.6 is 0 Å². The second kappa shape index (κ2) is 13.4. The van der Waals surface area contributed by atoms with Crippen molar-refractivity contribution in [1.29, 1.82) is 0 Å². The molecule has 1 saturated carbocycles. The number of ether oxygens (including phenoxy) is 2. The lowest BCUT2D eigenvalue weighted by atomic mass is 9.59. The van der Waals surface area contributed by atoms with Crippen molar-refractivity contribution >= 4 is 17.7 Å². The third-order valence-electron chi connectivity index (χ3n) is 10.9. The van der Waals surface area contributed by atoms with E-state index in [4.69, 9.17) is 9.47 Å². The van der Waals surface area contributed by atoms with Crippen molar-refractivity contribution in [2.24, 2.45) is 22.7 Å². The molecule has 43 heavy (non-hydrogen) atoms. The number of ketones is 1. The van der Waals surface area contributed by atoms with Crippen LogP contribution in [0.4, 0.5) is 0 Å². The van der Waals surface area contributed by atoms with Crippen molar-refractivity contribution in [3.8, 4) is 0 Å². The predicted molar refractivity (Wildman–Crippen MR) is 165 cm³/mol. The van der Waals surface area contributed by atoms with Crippen LogP contribution in [0.5, 0.6) is 0 Å². The van der Waals surface area contributed by atoms with Crippen LogP contribution in [0, 0.1) is 22.7 Å². The molecule has 0 amide bonds. The molecule has 3 aliphatic carbocycles. The summed E-state index contributed by atoms with van der Waals surface area (Å²) < 4.78 is 12.1. The number of hydrogen-bond donors (Lipinski definition) is 3. The maximum atomic E-state index is 14.8. The number of aliphatic hydroxyl groups excluding tert-OH is 2. The Bertz CT molecular complexity index is 1160. The summed E-state index contributed by atoms with van der Waals surface area (Å²) in [5.41, 5.74) is -5.23. The van der Waals surface area contributed by atoms with E-state index in [0.29, 0.717) is 11.1 Å². The predicted octanol–water partition coefficient (Wildman–Crippen LogP) is 5.53. The van der Waals surface area contributed by atoms with E-state index in [0.717, 1.165) is 25.7 Å². The van der Waals surface area contributed by atoms with E-state index in [9.17, 15) is 29.7 Å². The fourth-order valence-electron chi connectivity index (χ4n) is 7.67. The van der Waals surface area contributed by atoms with E-state index >= 15 is 0 Å². The van der Waals surface area contributed by atoms with Crippen molar-refractivity contribution in [2.45, 2.75) is 137 Å². The first-order chi connectivity index (χ1) is 20.1. The molecule has 7 atom stereocenters. The third kappa shape index (κ3) is 5.91. The molecule has 3 N–H and O–H groups in total. The van der Waals surface area contributed by atoms with Gasteiger partial charge in [-0.25, -0.2) is 4.79 Å². The van der Waals surface area contributed by atoms with Crippen LogP contribution in [0.2, 0.25) is 0 Å². The number of hydrogen-bond acceptors (Lipinski definition) is 8. The van der Waals surface area contributed by atoms with Gasteiger partial charge in [-0.05, 0) is 57.6 Å². The highest BCUT2D eigenvalue weighted by molar-refractivity contribution is 5.96. The van der Waals surface area contributed by atoms with E-state index in [-0.39, 0.29) is 30.2 Å². The molecule has 0 saturated heterocycles. The first-order valence-electron chi connectivity index (χ1n) is 16.1. The molecule has 0 aliphatic heterocycles. The third-order valence-corrected chi connectivity index (χ3v) is 10.9. The summed E-state index contributed by atoms with van der Waals surface area (Å²) in [6.07, 6.45) is 9.76. The highest BCUT2D eigenvalue weighted by Crippen LogP contribution is 2.64. The Morgan fingerprint density at radius 2 is 1.70 bits per heavy atom. The first-order valence-corrected chi connectivity index (χ1v) is 16.1. The van der Waals surface area contributed by atoms with Crippen LogP contribution in [0.25, 0.3) is 0 Å². The number of unbranched alkanes of at least 4 members (excludes halogenated alkanes) is 6. The van der Waals surface area contributed by atoms with Crippen molar-refractivity contribution in [3.05, 3.63) is 34.9 Å². The summed E-state index contributed by atoms with van der Waals surface area (Å²) in [5, 5.41) is 34.7. The maximum Gasteiger partial charge on any atom is 0.334 e. The molecule has 0 aromatic rings. The van der Waals surface area contributed by atoms with Crippen LogP contribution in [0.3, 0.4) is 0 Å². The average Bonchev–Trinajstić information content (AvgIpc) is 3.12. The quantitative estimate of drug-likeness (QED) is 0.115. The largest absolute Gasteiger partial charge is 0.459 e. The van der Waals surface area contributed by atoms with Gasteiger partial charge in [-0.1, -0.05) is 84.4 Å². The Morgan fingerprint density at radius 3 is 2.28 bits per heavy atom. The molecule has 3 aliphatic rings.